The second-order valence-electron chi connectivity index (χ2n) is 7.04. The minimum atomic E-state index is -0.0635. The summed E-state index contributed by atoms with van der Waals surface area (Å²) in [6, 6.07) is 25.4. The van der Waals surface area contributed by atoms with Crippen LogP contribution < -0.4 is 10.1 Å². The van der Waals surface area contributed by atoms with E-state index in [1.54, 1.807) is 18.2 Å². The van der Waals surface area contributed by atoms with E-state index in [0.717, 1.165) is 27.8 Å². The molecule has 0 spiro atoms. The van der Waals surface area contributed by atoms with E-state index in [-0.39, 0.29) is 5.91 Å². The summed E-state index contributed by atoms with van der Waals surface area (Å²) >= 11 is 0. The molecule has 0 aliphatic heterocycles. The summed E-state index contributed by atoms with van der Waals surface area (Å²) in [5.74, 6) is 1.34. The molecule has 0 aliphatic carbocycles. The molecule has 4 rings (SSSR count). The highest BCUT2D eigenvalue weighted by molar-refractivity contribution is 6.09. The smallest absolute Gasteiger partial charge is 0.256 e. The van der Waals surface area contributed by atoms with E-state index in [0.29, 0.717) is 17.9 Å². The van der Waals surface area contributed by atoms with E-state index in [4.69, 9.17) is 4.74 Å². The van der Waals surface area contributed by atoms with Crippen LogP contribution in [0.2, 0.25) is 0 Å². The molecule has 4 aromatic rings. The number of fused-ring (bicyclic) bond motifs is 1. The summed E-state index contributed by atoms with van der Waals surface area (Å²) in [6.45, 7) is 0.537. The van der Waals surface area contributed by atoms with Gasteiger partial charge in [0.1, 0.15) is 11.6 Å². The highest BCUT2D eigenvalue weighted by Gasteiger charge is 2.18. The van der Waals surface area contributed by atoms with E-state index < -0.39 is 0 Å². The van der Waals surface area contributed by atoms with Gasteiger partial charge in [0.2, 0.25) is 0 Å². The van der Waals surface area contributed by atoms with E-state index in [2.05, 4.69) is 10.3 Å². The Kier molecular flexibility index (Phi) is 5.61. The molecule has 5 heteroatoms. The van der Waals surface area contributed by atoms with E-state index in [9.17, 15) is 4.79 Å². The lowest BCUT2D eigenvalue weighted by Crippen LogP contribution is -2.26. The Labute approximate surface area is 175 Å². The molecule has 0 aliphatic rings. The lowest BCUT2D eigenvalue weighted by Gasteiger charge is -2.19. The summed E-state index contributed by atoms with van der Waals surface area (Å²) in [6.07, 6.45) is 1.64. The van der Waals surface area contributed by atoms with E-state index >= 15 is 0 Å². The van der Waals surface area contributed by atoms with Crippen LogP contribution >= 0.6 is 0 Å². The number of nitrogens with zero attached hydrogens (tertiary/aromatic N) is 2. The number of rotatable bonds is 6. The summed E-state index contributed by atoms with van der Waals surface area (Å²) in [5, 5.41) is 5.07. The fourth-order valence-corrected chi connectivity index (χ4v) is 3.47. The van der Waals surface area contributed by atoms with Crippen molar-refractivity contribution in [2.45, 2.75) is 6.54 Å². The molecule has 5 nitrogen and oxygen atoms in total. The van der Waals surface area contributed by atoms with Crippen LogP contribution in [0.1, 0.15) is 15.9 Å². The van der Waals surface area contributed by atoms with Gasteiger partial charge in [-0.25, -0.2) is 4.98 Å². The van der Waals surface area contributed by atoms with Crippen molar-refractivity contribution in [3.63, 3.8) is 0 Å². The van der Waals surface area contributed by atoms with Crippen molar-refractivity contribution in [1.82, 2.24) is 9.88 Å². The Morgan fingerprint density at radius 3 is 2.37 bits per heavy atom. The molecule has 0 saturated heterocycles. The van der Waals surface area contributed by atoms with Gasteiger partial charge >= 0.3 is 0 Å². The molecule has 150 valence electrons. The third-order valence-corrected chi connectivity index (χ3v) is 4.99. The SMILES string of the molecule is COc1ccccc1Nc1ncc(C(=O)N(C)Cc2ccccc2)c2ccccc12. The van der Waals surface area contributed by atoms with Gasteiger partial charge in [0.05, 0.1) is 18.4 Å². The lowest BCUT2D eigenvalue weighted by molar-refractivity contribution is 0.0786. The normalized spacial score (nSPS) is 10.6. The van der Waals surface area contributed by atoms with Gasteiger partial charge in [-0.15, -0.1) is 0 Å². The average Bonchev–Trinajstić information content (AvgIpc) is 2.80. The number of para-hydroxylation sites is 2. The van der Waals surface area contributed by atoms with Crippen molar-refractivity contribution in [3.05, 3.63) is 96.2 Å². The minimum absolute atomic E-state index is 0.0635. The number of ether oxygens (including phenoxy) is 1. The Balaban J connectivity index is 1.68. The van der Waals surface area contributed by atoms with Crippen molar-refractivity contribution in [2.75, 3.05) is 19.5 Å². The molecule has 0 unspecified atom stereocenters. The van der Waals surface area contributed by atoms with Gasteiger partial charge in [0, 0.05) is 25.2 Å². The van der Waals surface area contributed by atoms with Crippen LogP contribution in [0.4, 0.5) is 11.5 Å². The number of carbonyl (C=O) groups excluding carboxylic acids is 1. The lowest BCUT2D eigenvalue weighted by atomic mass is 10.1. The molecule has 1 N–H and O–H groups in total. The first-order chi connectivity index (χ1) is 14.7. The van der Waals surface area contributed by atoms with Gasteiger partial charge in [0.25, 0.3) is 5.91 Å². The number of hydrogen-bond acceptors (Lipinski definition) is 4. The highest BCUT2D eigenvalue weighted by atomic mass is 16.5. The first-order valence-corrected chi connectivity index (χ1v) is 9.74. The standard InChI is InChI=1S/C25H23N3O2/c1-28(17-18-10-4-3-5-11-18)25(29)21-16-26-24(20-13-7-6-12-19(20)21)27-22-14-8-9-15-23(22)30-2/h3-16H,17H2,1-2H3,(H,26,27). The van der Waals surface area contributed by atoms with Crippen molar-refractivity contribution < 1.29 is 9.53 Å². The molecule has 0 fully saturated rings. The van der Waals surface area contributed by atoms with Crippen LogP contribution in [0.25, 0.3) is 10.8 Å². The maximum absolute atomic E-state index is 13.2. The fourth-order valence-electron chi connectivity index (χ4n) is 3.47. The van der Waals surface area contributed by atoms with Crippen molar-refractivity contribution >= 4 is 28.2 Å². The zero-order valence-electron chi connectivity index (χ0n) is 17.0. The van der Waals surface area contributed by atoms with Crippen LogP contribution in [0.3, 0.4) is 0 Å². The Bertz CT molecular complexity index is 1180. The summed E-state index contributed by atoms with van der Waals surface area (Å²) < 4.78 is 5.43. The second kappa shape index (κ2) is 8.66. The van der Waals surface area contributed by atoms with Gasteiger partial charge in [-0.1, -0.05) is 66.7 Å². The summed E-state index contributed by atoms with van der Waals surface area (Å²) in [5.41, 5.74) is 2.48. The minimum Gasteiger partial charge on any atom is -0.495 e. The maximum Gasteiger partial charge on any atom is 0.256 e. The largest absolute Gasteiger partial charge is 0.495 e. The molecular formula is C25H23N3O2. The number of aromatic nitrogens is 1. The first-order valence-electron chi connectivity index (χ1n) is 9.74. The molecule has 1 heterocycles. The second-order valence-corrected chi connectivity index (χ2v) is 7.04. The molecule has 0 bridgehead atoms. The Morgan fingerprint density at radius 2 is 1.60 bits per heavy atom. The molecule has 30 heavy (non-hydrogen) atoms. The summed E-state index contributed by atoms with van der Waals surface area (Å²) in [7, 11) is 3.45. The van der Waals surface area contributed by atoms with Gasteiger partial charge in [-0.3, -0.25) is 4.79 Å². The molecule has 3 aromatic carbocycles. The molecule has 1 amide bonds. The third-order valence-electron chi connectivity index (χ3n) is 4.99. The van der Waals surface area contributed by atoms with Crippen LogP contribution in [-0.2, 0) is 6.54 Å². The zero-order chi connectivity index (χ0) is 20.9. The Hall–Kier alpha value is -3.86. The number of carbonyl (C=O) groups is 1. The zero-order valence-corrected chi connectivity index (χ0v) is 17.0. The number of amides is 1. The monoisotopic (exact) mass is 397 g/mol. The van der Waals surface area contributed by atoms with E-state index in [1.165, 1.54) is 0 Å². The number of nitrogens with one attached hydrogen (secondary N) is 1. The number of benzene rings is 3. The van der Waals surface area contributed by atoms with Crippen LogP contribution in [-0.4, -0.2) is 29.9 Å². The van der Waals surface area contributed by atoms with Crippen LogP contribution in [0.15, 0.2) is 85.1 Å². The predicted molar refractivity (Wildman–Crippen MR) is 120 cm³/mol. The van der Waals surface area contributed by atoms with Gasteiger partial charge in [-0.05, 0) is 23.1 Å². The third kappa shape index (κ3) is 3.96. The molecule has 0 saturated carbocycles. The average molecular weight is 397 g/mol. The van der Waals surface area contributed by atoms with Crippen molar-refractivity contribution in [2.24, 2.45) is 0 Å². The molecule has 1 aromatic heterocycles. The van der Waals surface area contributed by atoms with Crippen LogP contribution in [0.5, 0.6) is 5.75 Å². The van der Waals surface area contributed by atoms with E-state index in [1.807, 2.05) is 85.9 Å². The maximum atomic E-state index is 13.2. The fraction of sp³-hybridized carbons (Fsp3) is 0.120. The van der Waals surface area contributed by atoms with Crippen LogP contribution in [0, 0.1) is 0 Å². The number of hydrogen-bond donors (Lipinski definition) is 1. The quantitative estimate of drug-likeness (QED) is 0.482. The number of methoxy groups -OCH3 is 1. The predicted octanol–water partition coefficient (Wildman–Crippen LogP) is 5.26. The molecule has 0 atom stereocenters. The highest BCUT2D eigenvalue weighted by Crippen LogP contribution is 2.31. The van der Waals surface area contributed by atoms with Gasteiger partial charge < -0.3 is 15.0 Å². The number of pyridine rings is 1. The topological polar surface area (TPSA) is 54.5 Å². The Morgan fingerprint density at radius 1 is 0.933 bits per heavy atom. The van der Waals surface area contributed by atoms with Gasteiger partial charge in [-0.2, -0.15) is 0 Å². The molecule has 0 radical (unpaired) electrons. The summed E-state index contributed by atoms with van der Waals surface area (Å²) in [4.78, 5) is 19.5. The first kappa shape index (κ1) is 19.5. The number of anilines is 2. The molecular weight excluding hydrogens is 374 g/mol. The van der Waals surface area contributed by atoms with Gasteiger partial charge in [0.15, 0.2) is 0 Å². The van der Waals surface area contributed by atoms with Crippen molar-refractivity contribution in [3.8, 4) is 5.75 Å². The van der Waals surface area contributed by atoms with Crippen molar-refractivity contribution in [1.29, 1.82) is 0 Å².